The third kappa shape index (κ3) is 29.8. The van der Waals surface area contributed by atoms with Crippen LogP contribution in [0.25, 0.3) is 0 Å². The molecule has 0 atom stereocenters. The second-order valence-electron chi connectivity index (χ2n) is 9.09. The Labute approximate surface area is 195 Å². The fraction of sp³-hybridized carbons (Fsp3) is 1.00. The van der Waals surface area contributed by atoms with E-state index in [1.165, 1.54) is 109 Å². The van der Waals surface area contributed by atoms with Crippen LogP contribution in [0.15, 0.2) is 0 Å². The van der Waals surface area contributed by atoms with Crippen molar-refractivity contribution in [2.45, 2.75) is 110 Å². The summed E-state index contributed by atoms with van der Waals surface area (Å²) >= 11 is 0. The van der Waals surface area contributed by atoms with Gasteiger partial charge in [0, 0.05) is 52.4 Å². The highest BCUT2D eigenvalue weighted by Gasteiger charge is 1.95. The highest BCUT2D eigenvalue weighted by Crippen LogP contribution is 2.13. The number of rotatable bonds is 28. The second kappa shape index (κ2) is 29.8. The second-order valence-corrected chi connectivity index (χ2v) is 9.09. The number of hydrogen-bond acceptors (Lipinski definition) is 5. The first-order valence-electron chi connectivity index (χ1n) is 13.9. The molecule has 0 bridgehead atoms. The lowest BCUT2D eigenvalue weighted by Crippen LogP contribution is -2.36. The summed E-state index contributed by atoms with van der Waals surface area (Å²) in [6, 6.07) is 0. The highest BCUT2D eigenvalue weighted by molar-refractivity contribution is 4.57. The van der Waals surface area contributed by atoms with Crippen molar-refractivity contribution in [1.82, 2.24) is 21.3 Å². The smallest absolute Gasteiger partial charge is 0.00772 e. The maximum Gasteiger partial charge on any atom is 0.00772 e. The Kier molecular flexibility index (Phi) is 29.6. The van der Waals surface area contributed by atoms with Crippen molar-refractivity contribution in [3.05, 3.63) is 0 Å². The number of unbranched alkanes of at least 4 members (excludes halogenated alkanes) is 15. The van der Waals surface area contributed by atoms with Gasteiger partial charge in [-0.2, -0.15) is 0 Å². The van der Waals surface area contributed by atoms with Crippen molar-refractivity contribution in [2.75, 3.05) is 58.9 Å². The molecule has 188 valence electrons. The largest absolute Gasteiger partial charge is 0.329 e. The Bertz CT molecular complexity index is 274. The normalized spacial score (nSPS) is 11.4. The zero-order valence-electron chi connectivity index (χ0n) is 21.3. The van der Waals surface area contributed by atoms with Gasteiger partial charge in [0.2, 0.25) is 0 Å². The lowest BCUT2D eigenvalue weighted by molar-refractivity contribution is 0.522. The molecule has 31 heavy (non-hydrogen) atoms. The van der Waals surface area contributed by atoms with Crippen LogP contribution in [-0.4, -0.2) is 58.9 Å². The average Bonchev–Trinajstić information content (AvgIpc) is 2.78. The van der Waals surface area contributed by atoms with Crippen molar-refractivity contribution in [2.24, 2.45) is 5.73 Å². The van der Waals surface area contributed by atoms with Gasteiger partial charge >= 0.3 is 0 Å². The maximum atomic E-state index is 5.43. The van der Waals surface area contributed by atoms with Gasteiger partial charge in [0.05, 0.1) is 0 Å². The number of hydrogen-bond donors (Lipinski definition) is 5. The van der Waals surface area contributed by atoms with E-state index >= 15 is 0 Å². The van der Waals surface area contributed by atoms with Crippen LogP contribution in [0.3, 0.4) is 0 Å². The van der Waals surface area contributed by atoms with Crippen molar-refractivity contribution in [3.63, 3.8) is 0 Å². The SMILES string of the molecule is CCCCCCCCCCCCCCCCCCNCCNCCNCCNCCN. The summed E-state index contributed by atoms with van der Waals surface area (Å²) in [6.07, 6.45) is 23.0. The minimum absolute atomic E-state index is 0.716. The Morgan fingerprint density at radius 2 is 0.645 bits per heavy atom. The van der Waals surface area contributed by atoms with Crippen LogP contribution in [0.2, 0.25) is 0 Å². The number of nitrogens with one attached hydrogen (secondary N) is 4. The van der Waals surface area contributed by atoms with E-state index in [2.05, 4.69) is 28.2 Å². The van der Waals surface area contributed by atoms with Crippen LogP contribution >= 0.6 is 0 Å². The van der Waals surface area contributed by atoms with E-state index < -0.39 is 0 Å². The van der Waals surface area contributed by atoms with Gasteiger partial charge in [-0.15, -0.1) is 0 Å². The molecule has 0 spiro atoms. The van der Waals surface area contributed by atoms with Crippen LogP contribution in [0.1, 0.15) is 110 Å². The zero-order chi connectivity index (χ0) is 22.5. The molecular weight excluding hydrogens is 382 g/mol. The molecule has 5 heteroatoms. The molecule has 0 radical (unpaired) electrons. The van der Waals surface area contributed by atoms with Gasteiger partial charge in [-0.1, -0.05) is 103 Å². The molecule has 0 aromatic carbocycles. The molecule has 0 fully saturated rings. The van der Waals surface area contributed by atoms with Gasteiger partial charge in [-0.25, -0.2) is 0 Å². The van der Waals surface area contributed by atoms with Crippen LogP contribution < -0.4 is 27.0 Å². The fourth-order valence-electron chi connectivity index (χ4n) is 3.93. The van der Waals surface area contributed by atoms with Gasteiger partial charge in [0.1, 0.15) is 0 Å². The fourth-order valence-corrected chi connectivity index (χ4v) is 3.93. The van der Waals surface area contributed by atoms with E-state index in [0.717, 1.165) is 45.8 Å². The summed E-state index contributed by atoms with van der Waals surface area (Å²) in [5.74, 6) is 0. The average molecular weight is 442 g/mol. The van der Waals surface area contributed by atoms with Crippen LogP contribution in [0.4, 0.5) is 0 Å². The van der Waals surface area contributed by atoms with Crippen molar-refractivity contribution >= 4 is 0 Å². The molecule has 0 saturated carbocycles. The van der Waals surface area contributed by atoms with Crippen LogP contribution in [0.5, 0.6) is 0 Å². The standard InChI is InChI=1S/C26H59N5/c1-2-3-4-5-6-7-8-9-10-11-12-13-14-15-16-17-19-28-21-23-30-25-26-31-24-22-29-20-18-27/h28-31H,2-27H2,1H3. The molecule has 0 unspecified atom stereocenters. The maximum absolute atomic E-state index is 5.43. The first kappa shape index (κ1) is 30.8. The summed E-state index contributed by atoms with van der Waals surface area (Å²) in [6.45, 7) is 11.3. The Hall–Kier alpha value is -0.200. The first-order valence-corrected chi connectivity index (χ1v) is 13.9. The zero-order valence-corrected chi connectivity index (χ0v) is 21.3. The van der Waals surface area contributed by atoms with Crippen LogP contribution in [-0.2, 0) is 0 Å². The van der Waals surface area contributed by atoms with Crippen LogP contribution in [0, 0.1) is 0 Å². The summed E-state index contributed by atoms with van der Waals surface area (Å²) in [5.41, 5.74) is 5.43. The highest BCUT2D eigenvalue weighted by atomic mass is 15.0. The molecule has 0 heterocycles. The topological polar surface area (TPSA) is 74.1 Å². The third-order valence-electron chi connectivity index (χ3n) is 5.96. The minimum atomic E-state index is 0.716. The summed E-state index contributed by atoms with van der Waals surface area (Å²) in [7, 11) is 0. The van der Waals surface area contributed by atoms with E-state index in [9.17, 15) is 0 Å². The quantitative estimate of drug-likeness (QED) is 0.115. The van der Waals surface area contributed by atoms with Gasteiger partial charge < -0.3 is 27.0 Å². The third-order valence-corrected chi connectivity index (χ3v) is 5.96. The minimum Gasteiger partial charge on any atom is -0.329 e. The van der Waals surface area contributed by atoms with Gasteiger partial charge in [0.15, 0.2) is 0 Å². The summed E-state index contributed by atoms with van der Waals surface area (Å²) in [4.78, 5) is 0. The molecule has 0 rings (SSSR count). The molecule has 0 aromatic rings. The molecule has 0 saturated heterocycles. The molecular formula is C26H59N5. The molecule has 5 nitrogen and oxygen atoms in total. The van der Waals surface area contributed by atoms with Gasteiger partial charge in [-0.3, -0.25) is 0 Å². The lowest BCUT2D eigenvalue weighted by Gasteiger charge is -2.08. The van der Waals surface area contributed by atoms with Crippen molar-refractivity contribution in [3.8, 4) is 0 Å². The van der Waals surface area contributed by atoms with E-state index in [1.54, 1.807) is 0 Å². The van der Waals surface area contributed by atoms with Crippen molar-refractivity contribution in [1.29, 1.82) is 0 Å². The molecule has 0 aromatic heterocycles. The van der Waals surface area contributed by atoms with Gasteiger partial charge in [0.25, 0.3) is 0 Å². The predicted octanol–water partition coefficient (Wildman–Crippen LogP) is 4.57. The lowest BCUT2D eigenvalue weighted by atomic mass is 10.0. The Balaban J connectivity index is 2.98. The van der Waals surface area contributed by atoms with Gasteiger partial charge in [-0.05, 0) is 13.0 Å². The monoisotopic (exact) mass is 441 g/mol. The summed E-state index contributed by atoms with van der Waals surface area (Å²) in [5, 5.41) is 13.7. The predicted molar refractivity (Wildman–Crippen MR) is 140 cm³/mol. The van der Waals surface area contributed by atoms with E-state index in [0.29, 0.717) is 6.54 Å². The van der Waals surface area contributed by atoms with Crippen molar-refractivity contribution < 1.29 is 0 Å². The molecule has 6 N–H and O–H groups in total. The molecule has 0 aliphatic heterocycles. The molecule has 0 aliphatic carbocycles. The molecule has 0 aliphatic rings. The van der Waals surface area contributed by atoms with E-state index in [4.69, 9.17) is 5.73 Å². The Morgan fingerprint density at radius 3 is 1.00 bits per heavy atom. The van der Waals surface area contributed by atoms with E-state index in [1.807, 2.05) is 0 Å². The first-order chi connectivity index (χ1) is 15.4. The Morgan fingerprint density at radius 1 is 0.355 bits per heavy atom. The number of nitrogens with two attached hydrogens (primary N) is 1. The van der Waals surface area contributed by atoms with E-state index in [-0.39, 0.29) is 0 Å². The summed E-state index contributed by atoms with van der Waals surface area (Å²) < 4.78 is 0. The molecule has 0 amide bonds.